The zero-order chi connectivity index (χ0) is 14.5. The summed E-state index contributed by atoms with van der Waals surface area (Å²) >= 11 is 1.86. The van der Waals surface area contributed by atoms with Gasteiger partial charge in [-0.25, -0.2) is 0 Å². The Hall–Kier alpha value is -0.590. The van der Waals surface area contributed by atoms with Crippen LogP contribution in [0.4, 0.5) is 0 Å². The van der Waals surface area contributed by atoms with Gasteiger partial charge in [-0.3, -0.25) is 0 Å². The van der Waals surface area contributed by atoms with Crippen molar-refractivity contribution in [3.05, 3.63) is 29.3 Å². The van der Waals surface area contributed by atoms with E-state index in [1.54, 1.807) is 6.92 Å². The van der Waals surface area contributed by atoms with E-state index in [-0.39, 0.29) is 13.2 Å². The van der Waals surface area contributed by atoms with E-state index in [1.165, 1.54) is 16.9 Å². The highest BCUT2D eigenvalue weighted by Crippen LogP contribution is 2.32. The number of hydrogen-bond donors (Lipinski definition) is 3. The summed E-state index contributed by atoms with van der Waals surface area (Å²) in [6.07, 6.45) is 0.242. The summed E-state index contributed by atoms with van der Waals surface area (Å²) < 4.78 is 5.63. The molecule has 0 aromatic heterocycles. The van der Waals surface area contributed by atoms with Crippen LogP contribution < -0.4 is 0 Å². The van der Waals surface area contributed by atoms with Gasteiger partial charge in [0.2, 0.25) is 0 Å². The van der Waals surface area contributed by atoms with Gasteiger partial charge in [-0.05, 0) is 42.7 Å². The smallest absolute Gasteiger partial charge is 0.107 e. The largest absolute Gasteiger partial charge is 0.394 e. The molecule has 1 aromatic carbocycles. The van der Waals surface area contributed by atoms with Gasteiger partial charge in [-0.15, -0.1) is 11.8 Å². The van der Waals surface area contributed by atoms with Crippen LogP contribution in [0.3, 0.4) is 0 Å². The van der Waals surface area contributed by atoms with E-state index < -0.39 is 18.3 Å². The zero-order valence-electron chi connectivity index (χ0n) is 11.7. The van der Waals surface area contributed by atoms with E-state index in [2.05, 4.69) is 12.1 Å². The van der Waals surface area contributed by atoms with Crippen molar-refractivity contribution in [1.29, 1.82) is 0 Å². The molecule has 2 rings (SSSR count). The van der Waals surface area contributed by atoms with Crippen LogP contribution in [0.15, 0.2) is 23.1 Å². The van der Waals surface area contributed by atoms with E-state index in [9.17, 15) is 15.3 Å². The lowest BCUT2D eigenvalue weighted by Crippen LogP contribution is -2.32. The van der Waals surface area contributed by atoms with E-state index in [1.807, 2.05) is 17.8 Å². The maximum Gasteiger partial charge on any atom is 0.107 e. The van der Waals surface area contributed by atoms with Gasteiger partial charge >= 0.3 is 0 Å². The Morgan fingerprint density at radius 3 is 2.75 bits per heavy atom. The third-order valence-electron chi connectivity index (χ3n) is 3.53. The van der Waals surface area contributed by atoms with Crippen LogP contribution in [0.5, 0.6) is 0 Å². The molecule has 20 heavy (non-hydrogen) atoms. The summed E-state index contributed by atoms with van der Waals surface area (Å²) in [7, 11) is 0. The Morgan fingerprint density at radius 2 is 2.10 bits per heavy atom. The molecule has 3 N–H and O–H groups in total. The molecule has 0 fully saturated rings. The van der Waals surface area contributed by atoms with Gasteiger partial charge in [0.25, 0.3) is 0 Å². The fourth-order valence-electron chi connectivity index (χ4n) is 2.33. The molecule has 0 bridgehead atoms. The Morgan fingerprint density at radius 1 is 1.30 bits per heavy atom. The predicted octanol–water partition coefficient (Wildman–Crippen LogP) is 1.52. The van der Waals surface area contributed by atoms with E-state index >= 15 is 0 Å². The van der Waals surface area contributed by atoms with Crippen molar-refractivity contribution < 1.29 is 20.1 Å². The maximum absolute atomic E-state index is 9.53. The summed E-state index contributed by atoms with van der Waals surface area (Å²) in [5, 5.41) is 28.3. The van der Waals surface area contributed by atoms with Crippen LogP contribution >= 0.6 is 11.8 Å². The summed E-state index contributed by atoms with van der Waals surface area (Å²) in [6.45, 7) is 1.13. The van der Waals surface area contributed by atoms with Gasteiger partial charge in [0, 0.05) is 4.90 Å². The molecule has 5 heteroatoms. The first-order valence-corrected chi connectivity index (χ1v) is 7.95. The number of ether oxygens (including phenoxy) is 1. The molecule has 0 saturated heterocycles. The molecule has 1 aliphatic heterocycles. The second-order valence-corrected chi connectivity index (χ2v) is 6.22. The molecule has 0 saturated carbocycles. The zero-order valence-corrected chi connectivity index (χ0v) is 12.5. The van der Waals surface area contributed by atoms with E-state index in [4.69, 9.17) is 4.74 Å². The normalized spacial score (nSPS) is 19.2. The van der Waals surface area contributed by atoms with Crippen molar-refractivity contribution in [1.82, 2.24) is 0 Å². The summed E-state index contributed by atoms with van der Waals surface area (Å²) in [4.78, 5) is 1.30. The van der Waals surface area contributed by atoms with E-state index in [0.29, 0.717) is 0 Å². The molecule has 0 spiro atoms. The highest BCUT2D eigenvalue weighted by molar-refractivity contribution is 7.99. The molecule has 0 radical (unpaired) electrons. The topological polar surface area (TPSA) is 69.9 Å². The first kappa shape index (κ1) is 15.8. The minimum Gasteiger partial charge on any atom is -0.394 e. The third kappa shape index (κ3) is 3.74. The minimum atomic E-state index is -0.776. The monoisotopic (exact) mass is 298 g/mol. The lowest BCUT2D eigenvalue weighted by atomic mass is 10.0. The molecule has 4 nitrogen and oxygen atoms in total. The fourth-order valence-corrected chi connectivity index (χ4v) is 3.35. The van der Waals surface area contributed by atoms with Crippen molar-refractivity contribution in [3.63, 3.8) is 0 Å². The second kappa shape index (κ2) is 7.43. The molecule has 1 aliphatic rings. The molecule has 1 aromatic rings. The lowest BCUT2D eigenvalue weighted by molar-refractivity contribution is -0.107. The number of fused-ring (bicyclic) bond motifs is 1. The number of rotatable bonds is 6. The second-order valence-electron chi connectivity index (χ2n) is 5.09. The molecular formula is C15H22O4S. The molecular weight excluding hydrogens is 276 g/mol. The summed E-state index contributed by atoms with van der Waals surface area (Å²) in [6, 6.07) is 6.09. The SMILES string of the molecule is CC(O)C(CO)OC(CO)c1ccc2c(c1)CCCS2. The molecule has 3 unspecified atom stereocenters. The molecule has 1 heterocycles. The molecule has 0 amide bonds. The molecule has 0 aliphatic carbocycles. The highest BCUT2D eigenvalue weighted by atomic mass is 32.2. The highest BCUT2D eigenvalue weighted by Gasteiger charge is 2.22. The molecule has 112 valence electrons. The average Bonchev–Trinajstić information content (AvgIpc) is 2.47. The van der Waals surface area contributed by atoms with E-state index in [0.717, 1.165) is 17.7 Å². The predicted molar refractivity (Wildman–Crippen MR) is 79.0 cm³/mol. The standard InChI is InChI=1S/C15H22O4S/c1-10(18)13(8-16)19-14(9-17)11-4-5-15-12(7-11)3-2-6-20-15/h4-5,7,10,13-14,16-18H,2-3,6,8-9H2,1H3. The number of aliphatic hydroxyl groups is 3. The quantitative estimate of drug-likeness (QED) is 0.743. The Kier molecular flexibility index (Phi) is 5.86. The first-order chi connectivity index (χ1) is 9.65. The fraction of sp³-hybridized carbons (Fsp3) is 0.600. The van der Waals surface area contributed by atoms with Gasteiger partial charge in [-0.2, -0.15) is 0 Å². The van der Waals surface area contributed by atoms with Gasteiger partial charge in [0.15, 0.2) is 0 Å². The van der Waals surface area contributed by atoms with Crippen LogP contribution in [-0.4, -0.2) is 46.5 Å². The number of thioether (sulfide) groups is 1. The van der Waals surface area contributed by atoms with Gasteiger partial charge in [0.1, 0.15) is 12.2 Å². The van der Waals surface area contributed by atoms with Gasteiger partial charge < -0.3 is 20.1 Å². The number of aliphatic hydroxyl groups excluding tert-OH is 3. The lowest BCUT2D eigenvalue weighted by Gasteiger charge is -2.25. The summed E-state index contributed by atoms with van der Waals surface area (Å²) in [5.74, 6) is 1.15. The number of benzene rings is 1. The van der Waals surface area contributed by atoms with Crippen molar-refractivity contribution in [2.75, 3.05) is 19.0 Å². The van der Waals surface area contributed by atoms with Crippen LogP contribution in [-0.2, 0) is 11.2 Å². The number of aryl methyl sites for hydroxylation is 1. The Bertz CT molecular complexity index is 436. The van der Waals surface area contributed by atoms with Crippen molar-refractivity contribution in [2.24, 2.45) is 0 Å². The van der Waals surface area contributed by atoms with Crippen molar-refractivity contribution in [3.8, 4) is 0 Å². The van der Waals surface area contributed by atoms with Crippen LogP contribution in [0, 0.1) is 0 Å². The van der Waals surface area contributed by atoms with Crippen LogP contribution in [0.1, 0.15) is 30.6 Å². The van der Waals surface area contributed by atoms with Crippen molar-refractivity contribution >= 4 is 11.8 Å². The average molecular weight is 298 g/mol. The van der Waals surface area contributed by atoms with Crippen molar-refractivity contribution in [2.45, 2.75) is 43.0 Å². The van der Waals surface area contributed by atoms with Gasteiger partial charge in [-0.1, -0.05) is 12.1 Å². The molecule has 3 atom stereocenters. The van der Waals surface area contributed by atoms with Crippen LogP contribution in [0.25, 0.3) is 0 Å². The number of hydrogen-bond acceptors (Lipinski definition) is 5. The minimum absolute atomic E-state index is 0.171. The van der Waals surface area contributed by atoms with Gasteiger partial charge in [0.05, 0.1) is 19.3 Å². The van der Waals surface area contributed by atoms with Crippen LogP contribution in [0.2, 0.25) is 0 Å². The Labute approximate surface area is 123 Å². The Balaban J connectivity index is 2.14. The summed E-state index contributed by atoms with van der Waals surface area (Å²) in [5.41, 5.74) is 2.19. The maximum atomic E-state index is 9.53. The first-order valence-electron chi connectivity index (χ1n) is 6.96. The third-order valence-corrected chi connectivity index (χ3v) is 4.73.